The van der Waals surface area contributed by atoms with Crippen LogP contribution in [0.2, 0.25) is 0 Å². The maximum absolute atomic E-state index is 5.33. The summed E-state index contributed by atoms with van der Waals surface area (Å²) in [5, 5.41) is 3.51. The molecule has 0 spiro atoms. The molecule has 0 aliphatic carbocycles. The Labute approximate surface area is 96.8 Å². The second-order valence-corrected chi connectivity index (χ2v) is 4.17. The molecule has 1 aromatic carbocycles. The molecule has 2 rings (SSSR count). The van der Waals surface area contributed by atoms with Gasteiger partial charge in [0.2, 0.25) is 0 Å². The molecule has 0 radical (unpaired) electrons. The van der Waals surface area contributed by atoms with E-state index in [0.29, 0.717) is 12.1 Å². The molecule has 1 fully saturated rings. The molecule has 1 aromatic rings. The van der Waals surface area contributed by atoms with E-state index in [2.05, 4.69) is 17.4 Å². The van der Waals surface area contributed by atoms with Crippen molar-refractivity contribution in [3.8, 4) is 5.75 Å². The molecule has 1 heterocycles. The summed E-state index contributed by atoms with van der Waals surface area (Å²) in [5.41, 5.74) is 1.33. The van der Waals surface area contributed by atoms with Gasteiger partial charge in [0, 0.05) is 19.7 Å². The van der Waals surface area contributed by atoms with Crippen molar-refractivity contribution in [2.24, 2.45) is 0 Å². The molecule has 0 bridgehead atoms. The van der Waals surface area contributed by atoms with E-state index in [4.69, 9.17) is 9.47 Å². The van der Waals surface area contributed by atoms with Gasteiger partial charge in [-0.15, -0.1) is 0 Å². The van der Waals surface area contributed by atoms with Crippen LogP contribution in [0, 0.1) is 0 Å². The molecule has 0 amide bonds. The number of ether oxygens (including phenoxy) is 2. The zero-order valence-electron chi connectivity index (χ0n) is 9.90. The molecule has 1 N–H and O–H groups in total. The van der Waals surface area contributed by atoms with Gasteiger partial charge in [0.25, 0.3) is 0 Å². The quantitative estimate of drug-likeness (QED) is 0.848. The van der Waals surface area contributed by atoms with Crippen molar-refractivity contribution in [2.75, 3.05) is 20.8 Å². The maximum Gasteiger partial charge on any atom is 0.118 e. The van der Waals surface area contributed by atoms with Crippen LogP contribution in [-0.2, 0) is 4.74 Å². The van der Waals surface area contributed by atoms with Crippen LogP contribution in [0.1, 0.15) is 24.4 Å². The second-order valence-electron chi connectivity index (χ2n) is 4.17. The molecule has 3 nitrogen and oxygen atoms in total. The predicted octanol–water partition coefficient (Wildman–Crippen LogP) is 2.13. The number of benzene rings is 1. The van der Waals surface area contributed by atoms with Crippen molar-refractivity contribution >= 4 is 0 Å². The Hall–Kier alpha value is -1.06. The summed E-state index contributed by atoms with van der Waals surface area (Å²) in [6, 6.07) is 8.74. The van der Waals surface area contributed by atoms with Gasteiger partial charge in [0.1, 0.15) is 5.75 Å². The highest BCUT2D eigenvalue weighted by molar-refractivity contribution is 5.29. The standard InChI is InChI=1S/C13H19NO2/c1-15-11-5-3-10(4-6-11)13-8-7-12(16-2)9-14-13/h3-6,12-14H,7-9H2,1-2H3. The van der Waals surface area contributed by atoms with Gasteiger partial charge >= 0.3 is 0 Å². The molecule has 1 saturated heterocycles. The van der Waals surface area contributed by atoms with Crippen LogP contribution < -0.4 is 10.1 Å². The monoisotopic (exact) mass is 221 g/mol. The van der Waals surface area contributed by atoms with Crippen molar-refractivity contribution in [1.29, 1.82) is 0 Å². The largest absolute Gasteiger partial charge is 0.497 e. The van der Waals surface area contributed by atoms with Gasteiger partial charge < -0.3 is 14.8 Å². The first kappa shape index (κ1) is 11.4. The lowest BCUT2D eigenvalue weighted by Gasteiger charge is -2.29. The van der Waals surface area contributed by atoms with E-state index in [1.54, 1.807) is 14.2 Å². The minimum atomic E-state index is 0.370. The fraction of sp³-hybridized carbons (Fsp3) is 0.538. The van der Waals surface area contributed by atoms with Gasteiger partial charge in [-0.1, -0.05) is 12.1 Å². The summed E-state index contributed by atoms with van der Waals surface area (Å²) in [4.78, 5) is 0. The molecule has 0 aromatic heterocycles. The van der Waals surface area contributed by atoms with Gasteiger partial charge in [-0.25, -0.2) is 0 Å². The Kier molecular flexibility index (Phi) is 3.80. The first-order valence-corrected chi connectivity index (χ1v) is 5.73. The van der Waals surface area contributed by atoms with Crippen LogP contribution in [0.5, 0.6) is 5.75 Å². The average molecular weight is 221 g/mol. The van der Waals surface area contributed by atoms with E-state index in [1.165, 1.54) is 5.56 Å². The number of hydrogen-bond acceptors (Lipinski definition) is 3. The third-order valence-corrected chi connectivity index (χ3v) is 3.22. The van der Waals surface area contributed by atoms with Gasteiger partial charge in [-0.3, -0.25) is 0 Å². The highest BCUT2D eigenvalue weighted by atomic mass is 16.5. The maximum atomic E-state index is 5.33. The zero-order valence-corrected chi connectivity index (χ0v) is 9.90. The van der Waals surface area contributed by atoms with E-state index in [-0.39, 0.29) is 0 Å². The number of nitrogens with one attached hydrogen (secondary N) is 1. The van der Waals surface area contributed by atoms with Crippen molar-refractivity contribution in [2.45, 2.75) is 25.0 Å². The van der Waals surface area contributed by atoms with Gasteiger partial charge in [-0.05, 0) is 30.5 Å². The number of hydrogen-bond donors (Lipinski definition) is 1. The zero-order chi connectivity index (χ0) is 11.4. The van der Waals surface area contributed by atoms with Gasteiger partial charge in [0.05, 0.1) is 13.2 Å². The van der Waals surface area contributed by atoms with Crippen LogP contribution in [0.4, 0.5) is 0 Å². The molecule has 1 aliphatic rings. The van der Waals surface area contributed by atoms with E-state index in [9.17, 15) is 0 Å². The first-order chi connectivity index (χ1) is 7.83. The third-order valence-electron chi connectivity index (χ3n) is 3.22. The van der Waals surface area contributed by atoms with Crippen molar-refractivity contribution in [3.63, 3.8) is 0 Å². The van der Waals surface area contributed by atoms with Crippen LogP contribution in [0.25, 0.3) is 0 Å². The molecular formula is C13H19NO2. The van der Waals surface area contributed by atoms with Gasteiger partial charge in [0.15, 0.2) is 0 Å². The number of methoxy groups -OCH3 is 2. The van der Waals surface area contributed by atoms with Crippen LogP contribution in [0.3, 0.4) is 0 Å². The molecule has 0 saturated carbocycles. The average Bonchev–Trinajstić information content (AvgIpc) is 2.39. The highest BCUT2D eigenvalue weighted by Crippen LogP contribution is 2.25. The summed E-state index contributed by atoms with van der Waals surface area (Å²) < 4.78 is 10.5. The minimum absolute atomic E-state index is 0.370. The van der Waals surface area contributed by atoms with Crippen LogP contribution in [0.15, 0.2) is 24.3 Å². The lowest BCUT2D eigenvalue weighted by Crippen LogP contribution is -2.37. The Morgan fingerprint density at radius 2 is 1.88 bits per heavy atom. The van der Waals surface area contributed by atoms with Crippen LogP contribution >= 0.6 is 0 Å². The Balaban J connectivity index is 1.97. The van der Waals surface area contributed by atoms with Crippen LogP contribution in [-0.4, -0.2) is 26.9 Å². The summed E-state index contributed by atoms with van der Waals surface area (Å²) in [6.45, 7) is 0.938. The third kappa shape index (κ3) is 2.54. The summed E-state index contributed by atoms with van der Waals surface area (Å²) in [6.07, 6.45) is 2.62. The van der Waals surface area contributed by atoms with E-state index < -0.39 is 0 Å². The second kappa shape index (κ2) is 5.32. The lowest BCUT2D eigenvalue weighted by molar-refractivity contribution is 0.0705. The van der Waals surface area contributed by atoms with Crippen molar-refractivity contribution in [3.05, 3.63) is 29.8 Å². The lowest BCUT2D eigenvalue weighted by atomic mass is 9.96. The topological polar surface area (TPSA) is 30.5 Å². The summed E-state index contributed by atoms with van der Waals surface area (Å²) in [5.74, 6) is 0.911. The number of piperidine rings is 1. The fourth-order valence-electron chi connectivity index (χ4n) is 2.15. The van der Waals surface area contributed by atoms with E-state index >= 15 is 0 Å². The molecular weight excluding hydrogens is 202 g/mol. The normalized spacial score (nSPS) is 25.4. The summed E-state index contributed by atoms with van der Waals surface area (Å²) in [7, 11) is 3.47. The SMILES string of the molecule is COc1ccc(C2CCC(OC)CN2)cc1. The molecule has 88 valence electrons. The molecule has 16 heavy (non-hydrogen) atoms. The van der Waals surface area contributed by atoms with E-state index in [1.807, 2.05) is 12.1 Å². The fourth-order valence-corrected chi connectivity index (χ4v) is 2.15. The minimum Gasteiger partial charge on any atom is -0.497 e. The first-order valence-electron chi connectivity index (χ1n) is 5.73. The van der Waals surface area contributed by atoms with Gasteiger partial charge in [-0.2, -0.15) is 0 Å². The predicted molar refractivity (Wildman–Crippen MR) is 63.8 cm³/mol. The Morgan fingerprint density at radius 3 is 2.38 bits per heavy atom. The Bertz CT molecular complexity index is 315. The highest BCUT2D eigenvalue weighted by Gasteiger charge is 2.20. The molecule has 1 aliphatic heterocycles. The molecule has 3 heteroatoms. The van der Waals surface area contributed by atoms with E-state index in [0.717, 1.165) is 25.1 Å². The Morgan fingerprint density at radius 1 is 1.12 bits per heavy atom. The molecule has 2 unspecified atom stereocenters. The van der Waals surface area contributed by atoms with Crippen molar-refractivity contribution in [1.82, 2.24) is 5.32 Å². The number of rotatable bonds is 3. The molecule has 2 atom stereocenters. The van der Waals surface area contributed by atoms with Crippen molar-refractivity contribution < 1.29 is 9.47 Å². The summed E-state index contributed by atoms with van der Waals surface area (Å²) >= 11 is 0. The smallest absolute Gasteiger partial charge is 0.118 e.